The molecule has 0 atom stereocenters. The van der Waals surface area contributed by atoms with Crippen molar-refractivity contribution >= 4 is 39.9 Å². The number of rotatable bonds is 2. The molecule has 2 N–H and O–H groups in total. The monoisotopic (exact) mass is 395 g/mol. The van der Waals surface area contributed by atoms with Crippen molar-refractivity contribution in [3.8, 4) is 16.9 Å². The number of benzene rings is 2. The minimum Gasteiger partial charge on any atom is -0.396 e. The Kier molecular flexibility index (Phi) is 3.67. The second kappa shape index (κ2) is 5.46. The fraction of sp³-hybridized carbons (Fsp3) is 0. The first-order valence-electron chi connectivity index (χ1n) is 6.00. The van der Waals surface area contributed by atoms with Gasteiger partial charge in [-0.25, -0.2) is 4.68 Å². The highest BCUT2D eigenvalue weighted by molar-refractivity contribution is 14.1. The predicted octanol–water partition coefficient (Wildman–Crippen LogP) is 4.38. The molecule has 2 aromatic carbocycles. The van der Waals surface area contributed by atoms with Crippen LogP contribution in [-0.4, -0.2) is 9.78 Å². The van der Waals surface area contributed by atoms with Gasteiger partial charge in [0, 0.05) is 14.2 Å². The van der Waals surface area contributed by atoms with Crippen molar-refractivity contribution < 1.29 is 0 Å². The van der Waals surface area contributed by atoms with Crippen molar-refractivity contribution in [3.05, 3.63) is 63.3 Å². The van der Waals surface area contributed by atoms with Gasteiger partial charge in [0.2, 0.25) is 0 Å². The van der Waals surface area contributed by atoms with Gasteiger partial charge in [-0.2, -0.15) is 5.10 Å². The Labute approximate surface area is 135 Å². The molecule has 0 radical (unpaired) electrons. The molecule has 0 unspecified atom stereocenters. The van der Waals surface area contributed by atoms with E-state index in [-0.39, 0.29) is 0 Å². The lowest BCUT2D eigenvalue weighted by Crippen LogP contribution is -1.94. The zero-order valence-corrected chi connectivity index (χ0v) is 13.3. The molecule has 100 valence electrons. The average Bonchev–Trinajstić information content (AvgIpc) is 2.82. The zero-order valence-electron chi connectivity index (χ0n) is 10.4. The van der Waals surface area contributed by atoms with Crippen molar-refractivity contribution in [3.63, 3.8) is 0 Å². The van der Waals surface area contributed by atoms with E-state index >= 15 is 0 Å². The summed E-state index contributed by atoms with van der Waals surface area (Å²) >= 11 is 8.27. The van der Waals surface area contributed by atoms with E-state index in [9.17, 15) is 0 Å². The highest BCUT2D eigenvalue weighted by atomic mass is 127. The molecule has 0 aliphatic rings. The third kappa shape index (κ3) is 2.66. The van der Waals surface area contributed by atoms with Gasteiger partial charge in [0.25, 0.3) is 0 Å². The number of hydrogen-bond donors (Lipinski definition) is 1. The van der Waals surface area contributed by atoms with Gasteiger partial charge in [0.15, 0.2) is 0 Å². The van der Waals surface area contributed by atoms with Gasteiger partial charge in [-0.1, -0.05) is 29.8 Å². The number of nitrogens with zero attached hydrogens (tertiary/aromatic N) is 2. The van der Waals surface area contributed by atoms with E-state index in [1.54, 1.807) is 10.9 Å². The van der Waals surface area contributed by atoms with Crippen molar-refractivity contribution in [2.45, 2.75) is 0 Å². The molecule has 1 heterocycles. The van der Waals surface area contributed by atoms with Gasteiger partial charge in [0.05, 0.1) is 17.6 Å². The second-order valence-corrected chi connectivity index (χ2v) is 6.05. The number of anilines is 1. The summed E-state index contributed by atoms with van der Waals surface area (Å²) in [6.45, 7) is 0. The summed E-state index contributed by atoms with van der Waals surface area (Å²) in [6.07, 6.45) is 1.80. The van der Waals surface area contributed by atoms with Crippen molar-refractivity contribution in [1.82, 2.24) is 9.78 Å². The maximum Gasteiger partial charge on any atom is 0.116 e. The van der Waals surface area contributed by atoms with Crippen LogP contribution in [0.4, 0.5) is 5.69 Å². The normalized spacial score (nSPS) is 10.7. The van der Waals surface area contributed by atoms with E-state index in [1.165, 1.54) is 3.57 Å². The molecule has 0 spiro atoms. The lowest BCUT2D eigenvalue weighted by atomic mass is 10.1. The van der Waals surface area contributed by atoms with Crippen molar-refractivity contribution in [2.24, 2.45) is 0 Å². The van der Waals surface area contributed by atoms with Crippen LogP contribution in [0.3, 0.4) is 0 Å². The Morgan fingerprint density at radius 3 is 2.55 bits per heavy atom. The maximum absolute atomic E-state index is 6.07. The maximum atomic E-state index is 6.07. The SMILES string of the molecule is Nc1cn(-c2cccc(Cl)c2)nc1-c1ccc(I)cc1. The molecule has 0 saturated carbocycles. The summed E-state index contributed by atoms with van der Waals surface area (Å²) < 4.78 is 2.92. The van der Waals surface area contributed by atoms with Gasteiger partial charge >= 0.3 is 0 Å². The fourth-order valence-corrected chi connectivity index (χ4v) is 2.51. The largest absolute Gasteiger partial charge is 0.396 e. The highest BCUT2D eigenvalue weighted by Crippen LogP contribution is 2.26. The van der Waals surface area contributed by atoms with Crippen LogP contribution in [0.1, 0.15) is 0 Å². The number of halogens is 2. The van der Waals surface area contributed by atoms with E-state index in [2.05, 4.69) is 27.7 Å². The molecular formula is C15H11ClIN3. The Morgan fingerprint density at radius 2 is 1.85 bits per heavy atom. The molecular weight excluding hydrogens is 385 g/mol. The smallest absolute Gasteiger partial charge is 0.116 e. The van der Waals surface area contributed by atoms with E-state index in [0.717, 1.165) is 16.9 Å². The van der Waals surface area contributed by atoms with E-state index < -0.39 is 0 Å². The van der Waals surface area contributed by atoms with Crippen molar-refractivity contribution in [1.29, 1.82) is 0 Å². The van der Waals surface area contributed by atoms with Gasteiger partial charge in [-0.3, -0.25) is 0 Å². The molecule has 5 heteroatoms. The summed E-state index contributed by atoms with van der Waals surface area (Å²) in [5.41, 5.74) is 9.39. The highest BCUT2D eigenvalue weighted by Gasteiger charge is 2.09. The molecule has 0 bridgehead atoms. The molecule has 0 aliphatic carbocycles. The van der Waals surface area contributed by atoms with Crippen LogP contribution in [0, 0.1) is 3.57 Å². The zero-order chi connectivity index (χ0) is 14.1. The summed E-state index contributed by atoms with van der Waals surface area (Å²) in [6, 6.07) is 15.6. The van der Waals surface area contributed by atoms with Crippen LogP contribution in [0.15, 0.2) is 54.7 Å². The van der Waals surface area contributed by atoms with E-state index in [0.29, 0.717) is 10.7 Å². The van der Waals surface area contributed by atoms with Crippen LogP contribution in [0.25, 0.3) is 16.9 Å². The van der Waals surface area contributed by atoms with Crippen molar-refractivity contribution in [2.75, 3.05) is 5.73 Å². The number of hydrogen-bond acceptors (Lipinski definition) is 2. The van der Waals surface area contributed by atoms with E-state index in [4.69, 9.17) is 17.3 Å². The van der Waals surface area contributed by atoms with Gasteiger partial charge in [-0.15, -0.1) is 0 Å². The Hall–Kier alpha value is -1.53. The standard InChI is InChI=1S/C15H11ClIN3/c16-11-2-1-3-13(8-11)20-9-14(18)15(19-20)10-4-6-12(17)7-5-10/h1-9H,18H2. The van der Waals surface area contributed by atoms with Gasteiger partial charge in [-0.05, 0) is 52.9 Å². The van der Waals surface area contributed by atoms with Crippen LogP contribution < -0.4 is 5.73 Å². The lowest BCUT2D eigenvalue weighted by molar-refractivity contribution is 0.884. The Morgan fingerprint density at radius 1 is 1.10 bits per heavy atom. The Bertz CT molecular complexity index is 750. The number of nitrogen functional groups attached to an aromatic ring is 1. The van der Waals surface area contributed by atoms with Crippen LogP contribution >= 0.6 is 34.2 Å². The quantitative estimate of drug-likeness (QED) is 0.655. The van der Waals surface area contributed by atoms with Gasteiger partial charge < -0.3 is 5.73 Å². The molecule has 1 aromatic heterocycles. The first-order chi connectivity index (χ1) is 9.63. The molecule has 0 saturated heterocycles. The minimum absolute atomic E-state index is 0.645. The molecule has 3 nitrogen and oxygen atoms in total. The average molecular weight is 396 g/mol. The Balaban J connectivity index is 2.05. The first-order valence-corrected chi connectivity index (χ1v) is 7.46. The number of nitrogens with two attached hydrogens (primary N) is 1. The molecule has 0 amide bonds. The molecule has 3 rings (SSSR count). The minimum atomic E-state index is 0.645. The third-order valence-corrected chi connectivity index (χ3v) is 3.89. The van der Waals surface area contributed by atoms with Crippen LogP contribution in [0.2, 0.25) is 5.02 Å². The van der Waals surface area contributed by atoms with E-state index in [1.807, 2.05) is 48.5 Å². The fourth-order valence-electron chi connectivity index (χ4n) is 1.97. The third-order valence-electron chi connectivity index (χ3n) is 2.93. The summed E-state index contributed by atoms with van der Waals surface area (Å²) in [5.74, 6) is 0. The topological polar surface area (TPSA) is 43.8 Å². The molecule has 20 heavy (non-hydrogen) atoms. The van der Waals surface area contributed by atoms with Crippen LogP contribution in [-0.2, 0) is 0 Å². The van der Waals surface area contributed by atoms with Crippen LogP contribution in [0.5, 0.6) is 0 Å². The van der Waals surface area contributed by atoms with Gasteiger partial charge in [0.1, 0.15) is 5.69 Å². The first kappa shape index (κ1) is 13.5. The predicted molar refractivity (Wildman–Crippen MR) is 91.1 cm³/mol. The molecule has 0 fully saturated rings. The summed E-state index contributed by atoms with van der Waals surface area (Å²) in [5, 5.41) is 5.23. The summed E-state index contributed by atoms with van der Waals surface area (Å²) in [7, 11) is 0. The molecule has 3 aromatic rings. The second-order valence-electron chi connectivity index (χ2n) is 4.36. The number of aromatic nitrogens is 2. The molecule has 0 aliphatic heterocycles. The lowest BCUT2D eigenvalue weighted by Gasteiger charge is -2.01. The summed E-state index contributed by atoms with van der Waals surface area (Å²) in [4.78, 5) is 0.